The van der Waals surface area contributed by atoms with Gasteiger partial charge in [-0.15, -0.1) is 0 Å². The van der Waals surface area contributed by atoms with Crippen LogP contribution in [0.5, 0.6) is 0 Å². The van der Waals surface area contributed by atoms with Crippen molar-refractivity contribution in [1.82, 2.24) is 10.2 Å². The summed E-state index contributed by atoms with van der Waals surface area (Å²) in [5.41, 5.74) is 6.42. The summed E-state index contributed by atoms with van der Waals surface area (Å²) in [6.07, 6.45) is 1.19. The van der Waals surface area contributed by atoms with Crippen LogP contribution in [-0.4, -0.2) is 41.8 Å². The Morgan fingerprint density at radius 3 is 2.75 bits per heavy atom. The highest BCUT2D eigenvalue weighted by Crippen LogP contribution is 2.16. The number of carbonyl (C=O) groups is 2. The van der Waals surface area contributed by atoms with E-state index >= 15 is 0 Å². The van der Waals surface area contributed by atoms with Gasteiger partial charge in [-0.25, -0.2) is 9.59 Å². The zero-order chi connectivity index (χ0) is 17.7. The van der Waals surface area contributed by atoms with Crippen LogP contribution in [0.2, 0.25) is 0 Å². The van der Waals surface area contributed by atoms with Gasteiger partial charge in [0, 0.05) is 30.5 Å². The highest BCUT2D eigenvalue weighted by Gasteiger charge is 2.26. The summed E-state index contributed by atoms with van der Waals surface area (Å²) in [4.78, 5) is 25.9. The molecule has 1 aromatic rings. The zero-order valence-corrected chi connectivity index (χ0v) is 14.5. The number of nitrogen functional groups attached to an aromatic ring is 1. The van der Waals surface area contributed by atoms with Gasteiger partial charge >= 0.3 is 12.1 Å². The van der Waals surface area contributed by atoms with E-state index in [1.807, 2.05) is 20.8 Å². The van der Waals surface area contributed by atoms with Gasteiger partial charge < -0.3 is 26.0 Å². The fourth-order valence-electron chi connectivity index (χ4n) is 2.57. The molecule has 24 heavy (non-hydrogen) atoms. The first-order valence-corrected chi connectivity index (χ1v) is 8.14. The first-order valence-electron chi connectivity index (χ1n) is 8.14. The van der Waals surface area contributed by atoms with Gasteiger partial charge in [0.2, 0.25) is 0 Å². The van der Waals surface area contributed by atoms with Gasteiger partial charge in [-0.05, 0) is 51.8 Å². The van der Waals surface area contributed by atoms with Crippen molar-refractivity contribution >= 4 is 23.5 Å². The normalized spacial score (nSPS) is 18.0. The van der Waals surface area contributed by atoms with Crippen LogP contribution < -0.4 is 16.4 Å². The molecule has 1 saturated heterocycles. The van der Waals surface area contributed by atoms with E-state index in [0.717, 1.165) is 12.8 Å². The maximum absolute atomic E-state index is 12.4. The maximum Gasteiger partial charge on any atom is 0.407 e. The average molecular weight is 334 g/mol. The number of hydrogen-bond acceptors (Lipinski definition) is 4. The average Bonchev–Trinajstić information content (AvgIpc) is 2.45. The molecule has 0 saturated carbocycles. The second kappa shape index (κ2) is 7.42. The smallest absolute Gasteiger partial charge is 0.407 e. The Hall–Kier alpha value is -2.44. The third-order valence-electron chi connectivity index (χ3n) is 3.57. The van der Waals surface area contributed by atoms with Gasteiger partial charge in [0.1, 0.15) is 5.60 Å². The number of nitrogens with one attached hydrogen (secondary N) is 2. The Morgan fingerprint density at radius 1 is 1.33 bits per heavy atom. The van der Waals surface area contributed by atoms with Gasteiger partial charge in [0.15, 0.2) is 0 Å². The fourth-order valence-corrected chi connectivity index (χ4v) is 2.57. The van der Waals surface area contributed by atoms with Crippen LogP contribution in [0, 0.1) is 0 Å². The summed E-state index contributed by atoms with van der Waals surface area (Å²) in [5, 5.41) is 5.66. The second-order valence-electron chi connectivity index (χ2n) is 6.99. The molecule has 1 fully saturated rings. The molecule has 7 nitrogen and oxygen atoms in total. The number of benzene rings is 1. The van der Waals surface area contributed by atoms with Crippen LogP contribution in [0.25, 0.3) is 0 Å². The van der Waals surface area contributed by atoms with Crippen molar-refractivity contribution in [3.8, 4) is 0 Å². The molecular formula is C17H26N4O3. The van der Waals surface area contributed by atoms with E-state index in [0.29, 0.717) is 24.5 Å². The highest BCUT2D eigenvalue weighted by molar-refractivity contribution is 5.90. The Bertz CT molecular complexity index is 598. The summed E-state index contributed by atoms with van der Waals surface area (Å²) in [6, 6.07) is 6.73. The lowest BCUT2D eigenvalue weighted by atomic mass is 10.1. The Kier molecular flexibility index (Phi) is 5.54. The number of ether oxygens (including phenoxy) is 1. The van der Waals surface area contributed by atoms with Crippen LogP contribution >= 0.6 is 0 Å². The van der Waals surface area contributed by atoms with Crippen molar-refractivity contribution in [2.75, 3.05) is 24.1 Å². The van der Waals surface area contributed by atoms with Crippen LogP contribution in [0.4, 0.5) is 21.0 Å². The van der Waals surface area contributed by atoms with Crippen LogP contribution in [0.15, 0.2) is 24.3 Å². The summed E-state index contributed by atoms with van der Waals surface area (Å²) in [5.74, 6) is 0. The second-order valence-corrected chi connectivity index (χ2v) is 6.99. The van der Waals surface area contributed by atoms with Gasteiger partial charge in [-0.3, -0.25) is 0 Å². The SMILES string of the molecule is CC(C)(C)OC(=O)NC1CCCN(C(=O)Nc2cccc(N)c2)C1. The molecule has 7 heteroatoms. The molecule has 1 aliphatic heterocycles. The standard InChI is InChI=1S/C17H26N4O3/c1-17(2,3)24-16(23)20-14-8-5-9-21(11-14)15(22)19-13-7-4-6-12(18)10-13/h4,6-7,10,14H,5,8-9,11,18H2,1-3H3,(H,19,22)(H,20,23). The molecule has 1 heterocycles. The van der Waals surface area contributed by atoms with Crippen molar-refractivity contribution < 1.29 is 14.3 Å². The zero-order valence-electron chi connectivity index (χ0n) is 14.5. The number of hydrogen-bond donors (Lipinski definition) is 3. The van der Waals surface area contributed by atoms with E-state index < -0.39 is 11.7 Å². The van der Waals surface area contributed by atoms with Crippen molar-refractivity contribution in [1.29, 1.82) is 0 Å². The van der Waals surface area contributed by atoms with Crippen molar-refractivity contribution in [2.24, 2.45) is 0 Å². The molecule has 1 unspecified atom stereocenters. The summed E-state index contributed by atoms with van der Waals surface area (Å²) >= 11 is 0. The maximum atomic E-state index is 12.4. The van der Waals surface area contributed by atoms with Crippen LogP contribution in [0.3, 0.4) is 0 Å². The predicted octanol–water partition coefficient (Wildman–Crippen LogP) is 2.79. The largest absolute Gasteiger partial charge is 0.444 e. The Balaban J connectivity index is 1.88. The minimum absolute atomic E-state index is 0.111. The lowest BCUT2D eigenvalue weighted by Crippen LogP contribution is -2.51. The number of alkyl carbamates (subject to hydrolysis) is 1. The monoisotopic (exact) mass is 334 g/mol. The number of urea groups is 1. The Labute approximate surface area is 142 Å². The fraction of sp³-hybridized carbons (Fsp3) is 0.529. The molecule has 2 rings (SSSR count). The van der Waals surface area contributed by atoms with Gasteiger partial charge in [-0.2, -0.15) is 0 Å². The summed E-state index contributed by atoms with van der Waals surface area (Å²) < 4.78 is 5.26. The van der Waals surface area contributed by atoms with Crippen molar-refractivity contribution in [3.63, 3.8) is 0 Å². The Morgan fingerprint density at radius 2 is 2.08 bits per heavy atom. The van der Waals surface area contributed by atoms with E-state index in [9.17, 15) is 9.59 Å². The number of piperidine rings is 1. The minimum Gasteiger partial charge on any atom is -0.444 e. The lowest BCUT2D eigenvalue weighted by Gasteiger charge is -2.33. The van der Waals surface area contributed by atoms with E-state index in [4.69, 9.17) is 10.5 Å². The molecule has 0 bridgehead atoms. The van der Waals surface area contributed by atoms with Crippen molar-refractivity contribution in [3.05, 3.63) is 24.3 Å². The lowest BCUT2D eigenvalue weighted by molar-refractivity contribution is 0.0480. The van der Waals surface area contributed by atoms with E-state index in [1.54, 1.807) is 29.2 Å². The number of nitrogens with zero attached hydrogens (tertiary/aromatic N) is 1. The summed E-state index contributed by atoms with van der Waals surface area (Å²) in [7, 11) is 0. The highest BCUT2D eigenvalue weighted by atomic mass is 16.6. The molecule has 4 N–H and O–H groups in total. The van der Waals surface area contributed by atoms with Crippen LogP contribution in [0.1, 0.15) is 33.6 Å². The number of likely N-dealkylation sites (tertiary alicyclic amines) is 1. The number of carbonyl (C=O) groups excluding carboxylic acids is 2. The number of nitrogens with two attached hydrogens (primary N) is 1. The van der Waals surface area contributed by atoms with Gasteiger partial charge in [-0.1, -0.05) is 6.07 Å². The first kappa shape index (κ1) is 17.9. The number of rotatable bonds is 2. The molecular weight excluding hydrogens is 308 g/mol. The van der Waals surface area contributed by atoms with Gasteiger partial charge in [0.05, 0.1) is 0 Å². The molecule has 1 aromatic carbocycles. The molecule has 3 amide bonds. The number of anilines is 2. The molecule has 132 valence electrons. The van der Waals surface area contributed by atoms with E-state index in [1.165, 1.54) is 0 Å². The molecule has 0 radical (unpaired) electrons. The van der Waals surface area contributed by atoms with Gasteiger partial charge in [0.25, 0.3) is 0 Å². The third kappa shape index (κ3) is 5.64. The molecule has 0 spiro atoms. The van der Waals surface area contributed by atoms with Crippen molar-refractivity contribution in [2.45, 2.75) is 45.3 Å². The first-order chi connectivity index (χ1) is 11.2. The minimum atomic E-state index is -0.539. The molecule has 1 atom stereocenters. The van der Waals surface area contributed by atoms with Crippen LogP contribution in [-0.2, 0) is 4.74 Å². The topological polar surface area (TPSA) is 96.7 Å². The quantitative estimate of drug-likeness (QED) is 0.725. The molecule has 0 aliphatic carbocycles. The summed E-state index contributed by atoms with van der Waals surface area (Å²) in [6.45, 7) is 6.56. The third-order valence-corrected chi connectivity index (χ3v) is 3.57. The molecule has 1 aliphatic rings. The molecule has 0 aromatic heterocycles. The predicted molar refractivity (Wildman–Crippen MR) is 93.8 cm³/mol. The van der Waals surface area contributed by atoms with E-state index in [-0.39, 0.29) is 12.1 Å². The number of amides is 3. The van der Waals surface area contributed by atoms with E-state index in [2.05, 4.69) is 10.6 Å².